The molecular formula is C20H26N4O2. The fourth-order valence-corrected chi connectivity index (χ4v) is 3.22. The first-order valence-electron chi connectivity index (χ1n) is 9.25. The molecule has 1 aromatic heterocycles. The Labute approximate surface area is 154 Å². The number of piperazine rings is 1. The van der Waals surface area contributed by atoms with Gasteiger partial charge in [0.25, 0.3) is 5.56 Å². The second-order valence-corrected chi connectivity index (χ2v) is 6.74. The molecule has 1 aliphatic heterocycles. The van der Waals surface area contributed by atoms with Crippen LogP contribution in [0, 0.1) is 0 Å². The minimum Gasteiger partial charge on any atom is -0.339 e. The second kappa shape index (κ2) is 8.76. The van der Waals surface area contributed by atoms with E-state index < -0.39 is 0 Å². The van der Waals surface area contributed by atoms with Crippen LogP contribution in [0.2, 0.25) is 0 Å². The number of hydrogen-bond acceptors (Lipinski definition) is 4. The van der Waals surface area contributed by atoms with Crippen molar-refractivity contribution in [3.05, 3.63) is 64.3 Å². The zero-order valence-electron chi connectivity index (χ0n) is 15.3. The van der Waals surface area contributed by atoms with E-state index in [-0.39, 0.29) is 18.0 Å². The standard InChI is InChI=1S/C20H26N4O2/c1-2-6-18-13-19(25)24(16-21-18)15-20(26)23-11-9-22(10-12-23)14-17-7-4-3-5-8-17/h3-5,7-8,13,16H,2,6,9-12,14-15H2,1H3. The van der Waals surface area contributed by atoms with Gasteiger partial charge in [0, 0.05) is 44.5 Å². The van der Waals surface area contributed by atoms with Crippen molar-refractivity contribution < 1.29 is 4.79 Å². The van der Waals surface area contributed by atoms with E-state index in [4.69, 9.17) is 0 Å². The van der Waals surface area contributed by atoms with Crippen molar-refractivity contribution in [1.82, 2.24) is 19.4 Å². The lowest BCUT2D eigenvalue weighted by molar-refractivity contribution is -0.133. The Morgan fingerprint density at radius 2 is 1.85 bits per heavy atom. The molecule has 2 heterocycles. The van der Waals surface area contributed by atoms with Crippen LogP contribution >= 0.6 is 0 Å². The SMILES string of the molecule is CCCc1cc(=O)n(CC(=O)N2CCN(Cc3ccccc3)CC2)cn1. The van der Waals surface area contributed by atoms with E-state index in [1.54, 1.807) is 0 Å². The maximum Gasteiger partial charge on any atom is 0.253 e. The first kappa shape index (κ1) is 18.3. The van der Waals surface area contributed by atoms with Crippen molar-refractivity contribution in [2.24, 2.45) is 0 Å². The molecule has 2 aromatic rings. The van der Waals surface area contributed by atoms with E-state index in [0.717, 1.165) is 38.2 Å². The van der Waals surface area contributed by atoms with Gasteiger partial charge >= 0.3 is 0 Å². The summed E-state index contributed by atoms with van der Waals surface area (Å²) >= 11 is 0. The Kier molecular flexibility index (Phi) is 6.17. The molecule has 1 aromatic carbocycles. The van der Waals surface area contributed by atoms with Gasteiger partial charge in [0.15, 0.2) is 0 Å². The molecule has 0 bridgehead atoms. The summed E-state index contributed by atoms with van der Waals surface area (Å²) in [6, 6.07) is 11.9. The molecule has 1 saturated heterocycles. The fourth-order valence-electron chi connectivity index (χ4n) is 3.22. The van der Waals surface area contributed by atoms with Crippen LogP contribution in [0.25, 0.3) is 0 Å². The molecule has 6 heteroatoms. The summed E-state index contributed by atoms with van der Waals surface area (Å²) in [5.74, 6) is -0.0171. The molecule has 0 atom stereocenters. The molecule has 3 rings (SSSR count). The van der Waals surface area contributed by atoms with E-state index in [2.05, 4.69) is 22.0 Å². The number of carbonyl (C=O) groups excluding carboxylic acids is 1. The van der Waals surface area contributed by atoms with Gasteiger partial charge in [-0.2, -0.15) is 0 Å². The molecular weight excluding hydrogens is 328 g/mol. The summed E-state index contributed by atoms with van der Waals surface area (Å²) in [5.41, 5.74) is 1.92. The number of hydrogen-bond donors (Lipinski definition) is 0. The van der Waals surface area contributed by atoms with Crippen molar-refractivity contribution in [2.45, 2.75) is 32.9 Å². The molecule has 0 saturated carbocycles. The maximum atomic E-state index is 12.5. The summed E-state index contributed by atoms with van der Waals surface area (Å²) < 4.78 is 1.40. The summed E-state index contributed by atoms with van der Waals surface area (Å²) in [4.78, 5) is 33.1. The van der Waals surface area contributed by atoms with Gasteiger partial charge in [-0.25, -0.2) is 4.98 Å². The van der Waals surface area contributed by atoms with Gasteiger partial charge in [0.05, 0.1) is 6.33 Å². The molecule has 0 unspecified atom stereocenters. The van der Waals surface area contributed by atoms with E-state index >= 15 is 0 Å². The van der Waals surface area contributed by atoms with Crippen molar-refractivity contribution in [2.75, 3.05) is 26.2 Å². The molecule has 26 heavy (non-hydrogen) atoms. The largest absolute Gasteiger partial charge is 0.339 e. The summed E-state index contributed by atoms with van der Waals surface area (Å²) in [7, 11) is 0. The number of aryl methyl sites for hydroxylation is 1. The van der Waals surface area contributed by atoms with Crippen LogP contribution in [0.15, 0.2) is 47.5 Å². The van der Waals surface area contributed by atoms with Gasteiger partial charge in [-0.15, -0.1) is 0 Å². The van der Waals surface area contributed by atoms with Gasteiger partial charge < -0.3 is 4.90 Å². The van der Waals surface area contributed by atoms with Crippen molar-refractivity contribution in [3.63, 3.8) is 0 Å². The van der Waals surface area contributed by atoms with E-state index in [1.807, 2.05) is 30.0 Å². The smallest absolute Gasteiger partial charge is 0.253 e. The Hall–Kier alpha value is -2.47. The van der Waals surface area contributed by atoms with Gasteiger partial charge in [-0.3, -0.25) is 19.1 Å². The van der Waals surface area contributed by atoms with Crippen molar-refractivity contribution in [1.29, 1.82) is 0 Å². The van der Waals surface area contributed by atoms with E-state index in [1.165, 1.54) is 22.5 Å². The third kappa shape index (κ3) is 4.79. The molecule has 0 N–H and O–H groups in total. The molecule has 0 radical (unpaired) electrons. The monoisotopic (exact) mass is 354 g/mol. The topological polar surface area (TPSA) is 58.4 Å². The lowest BCUT2D eigenvalue weighted by Gasteiger charge is -2.34. The quantitative estimate of drug-likeness (QED) is 0.790. The Morgan fingerprint density at radius 3 is 2.50 bits per heavy atom. The Morgan fingerprint density at radius 1 is 1.12 bits per heavy atom. The molecule has 1 aliphatic rings. The fraction of sp³-hybridized carbons (Fsp3) is 0.450. The van der Waals surface area contributed by atoms with Crippen LogP contribution in [0.1, 0.15) is 24.6 Å². The number of nitrogens with zero attached hydrogens (tertiary/aromatic N) is 4. The van der Waals surface area contributed by atoms with Gasteiger partial charge in [-0.1, -0.05) is 43.7 Å². The number of benzene rings is 1. The highest BCUT2D eigenvalue weighted by Crippen LogP contribution is 2.09. The third-order valence-corrected chi connectivity index (χ3v) is 4.72. The molecule has 1 amide bonds. The van der Waals surface area contributed by atoms with Crippen LogP contribution < -0.4 is 5.56 Å². The second-order valence-electron chi connectivity index (χ2n) is 6.74. The van der Waals surface area contributed by atoms with Crippen LogP contribution in [-0.2, 0) is 24.3 Å². The molecule has 6 nitrogen and oxygen atoms in total. The average Bonchev–Trinajstić information content (AvgIpc) is 2.65. The molecule has 0 spiro atoms. The van der Waals surface area contributed by atoms with Crippen LogP contribution in [0.3, 0.4) is 0 Å². The third-order valence-electron chi connectivity index (χ3n) is 4.72. The zero-order chi connectivity index (χ0) is 18.4. The predicted octanol–water partition coefficient (Wildman–Crippen LogP) is 1.54. The Balaban J connectivity index is 1.51. The number of aromatic nitrogens is 2. The van der Waals surface area contributed by atoms with Crippen LogP contribution in [0.4, 0.5) is 0 Å². The minimum absolute atomic E-state index is 0.0171. The number of rotatable bonds is 6. The molecule has 0 aliphatic carbocycles. The van der Waals surface area contributed by atoms with E-state index in [0.29, 0.717) is 13.1 Å². The molecule has 138 valence electrons. The van der Waals surface area contributed by atoms with Gasteiger partial charge in [0.1, 0.15) is 6.54 Å². The average molecular weight is 354 g/mol. The van der Waals surface area contributed by atoms with Crippen molar-refractivity contribution >= 4 is 5.91 Å². The summed E-state index contributed by atoms with van der Waals surface area (Å²) in [6.45, 7) is 6.12. The lowest BCUT2D eigenvalue weighted by Crippen LogP contribution is -2.49. The zero-order valence-corrected chi connectivity index (χ0v) is 15.3. The first-order valence-corrected chi connectivity index (χ1v) is 9.25. The van der Waals surface area contributed by atoms with Gasteiger partial charge in [-0.05, 0) is 12.0 Å². The van der Waals surface area contributed by atoms with Gasteiger partial charge in [0.2, 0.25) is 5.91 Å². The maximum absolute atomic E-state index is 12.5. The van der Waals surface area contributed by atoms with Crippen LogP contribution in [-0.4, -0.2) is 51.4 Å². The predicted molar refractivity (Wildman–Crippen MR) is 101 cm³/mol. The Bertz CT molecular complexity index is 780. The number of carbonyl (C=O) groups is 1. The number of amides is 1. The highest BCUT2D eigenvalue weighted by atomic mass is 16.2. The van der Waals surface area contributed by atoms with Crippen LogP contribution in [0.5, 0.6) is 0 Å². The minimum atomic E-state index is -0.153. The highest BCUT2D eigenvalue weighted by molar-refractivity contribution is 5.76. The van der Waals surface area contributed by atoms with E-state index in [9.17, 15) is 9.59 Å². The summed E-state index contributed by atoms with van der Waals surface area (Å²) in [5, 5.41) is 0. The van der Waals surface area contributed by atoms with Crippen molar-refractivity contribution in [3.8, 4) is 0 Å². The normalized spacial score (nSPS) is 15.2. The summed E-state index contributed by atoms with van der Waals surface area (Å²) in [6.07, 6.45) is 3.23. The molecule has 1 fully saturated rings. The lowest BCUT2D eigenvalue weighted by atomic mass is 10.2. The highest BCUT2D eigenvalue weighted by Gasteiger charge is 2.21. The first-order chi connectivity index (χ1) is 12.7.